The largest absolute Gasteiger partial charge is 0.332 e. The molecule has 1 aromatic rings. The zero-order valence-electron chi connectivity index (χ0n) is 9.39. The fraction of sp³-hybridized carbons (Fsp3) is 0.455. The lowest BCUT2D eigenvalue weighted by Crippen LogP contribution is -2.05. The number of hydrogen-bond donors (Lipinski definition) is 1. The minimum absolute atomic E-state index is 0.0857. The van der Waals surface area contributed by atoms with E-state index in [1.807, 2.05) is 6.92 Å². The highest BCUT2D eigenvalue weighted by atomic mass is 31.2. The highest BCUT2D eigenvalue weighted by Gasteiger charge is 2.22. The quantitative estimate of drug-likeness (QED) is 0.810. The Morgan fingerprint density at radius 2 is 2.00 bits per heavy atom. The first kappa shape index (κ1) is 13.4. The third-order valence-corrected chi connectivity index (χ3v) is 3.67. The van der Waals surface area contributed by atoms with E-state index >= 15 is 0 Å². The van der Waals surface area contributed by atoms with Gasteiger partial charge in [0, 0.05) is 0 Å². The highest BCUT2D eigenvalue weighted by molar-refractivity contribution is 7.51. The lowest BCUT2D eigenvalue weighted by molar-refractivity contribution is 0.185. The average Bonchev–Trinajstić information content (AvgIpc) is 2.20. The van der Waals surface area contributed by atoms with E-state index in [0.29, 0.717) is 12.0 Å². The summed E-state index contributed by atoms with van der Waals surface area (Å²) in [5.41, 5.74) is 0.593. The monoisotopic (exact) mass is 246 g/mol. The topological polar surface area (TPSA) is 46.5 Å². The summed E-state index contributed by atoms with van der Waals surface area (Å²) in [6.45, 7) is 3.62. The Kier molecular flexibility index (Phi) is 4.66. The maximum absolute atomic E-state index is 12.6. The zero-order valence-corrected chi connectivity index (χ0v) is 10.3. The van der Waals surface area contributed by atoms with Crippen molar-refractivity contribution in [2.45, 2.75) is 32.5 Å². The van der Waals surface area contributed by atoms with E-state index in [1.165, 1.54) is 24.3 Å². The zero-order chi connectivity index (χ0) is 12.2. The van der Waals surface area contributed by atoms with Crippen LogP contribution in [0.2, 0.25) is 0 Å². The highest BCUT2D eigenvalue weighted by Crippen LogP contribution is 2.47. The normalized spacial score (nSPS) is 16.8. The third-order valence-electron chi connectivity index (χ3n) is 2.22. The number of rotatable bonds is 5. The first-order chi connectivity index (χ1) is 7.43. The molecule has 3 nitrogen and oxygen atoms in total. The van der Waals surface area contributed by atoms with E-state index in [0.717, 1.165) is 0 Å². The molecule has 5 heteroatoms. The Hall–Kier alpha value is -0.700. The summed E-state index contributed by atoms with van der Waals surface area (Å²) in [5.74, 6) is -0.362. The summed E-state index contributed by atoms with van der Waals surface area (Å²) >= 11 is 0. The lowest BCUT2D eigenvalue weighted by atomic mass is 10.2. The van der Waals surface area contributed by atoms with Crippen molar-refractivity contribution in [3.63, 3.8) is 0 Å². The molecule has 0 aromatic heterocycles. The summed E-state index contributed by atoms with van der Waals surface area (Å²) in [5, 5.41) is 0. The molecule has 0 aliphatic carbocycles. The molecule has 1 N–H and O–H groups in total. The minimum atomic E-state index is -3.62. The molecular weight excluding hydrogens is 230 g/mol. The molecule has 0 heterocycles. The van der Waals surface area contributed by atoms with Crippen LogP contribution in [0.25, 0.3) is 0 Å². The third kappa shape index (κ3) is 4.44. The summed E-state index contributed by atoms with van der Waals surface area (Å²) in [7, 11) is -3.62. The van der Waals surface area contributed by atoms with Crippen molar-refractivity contribution in [2.75, 3.05) is 0 Å². The fourth-order valence-electron chi connectivity index (χ4n) is 1.21. The summed E-state index contributed by atoms with van der Waals surface area (Å²) in [6, 6.07) is 5.49. The van der Waals surface area contributed by atoms with Gasteiger partial charge in [-0.25, -0.2) is 4.39 Å². The van der Waals surface area contributed by atoms with Crippen LogP contribution in [0.1, 0.15) is 25.8 Å². The van der Waals surface area contributed by atoms with E-state index in [1.54, 1.807) is 6.92 Å². The van der Waals surface area contributed by atoms with Crippen LogP contribution < -0.4 is 0 Å². The fourth-order valence-corrected chi connectivity index (χ4v) is 2.67. The molecule has 0 fully saturated rings. The van der Waals surface area contributed by atoms with E-state index in [-0.39, 0.29) is 18.1 Å². The van der Waals surface area contributed by atoms with Gasteiger partial charge in [0.15, 0.2) is 0 Å². The molecule has 1 rings (SSSR count). The molecule has 90 valence electrons. The van der Waals surface area contributed by atoms with Crippen molar-refractivity contribution in [2.24, 2.45) is 0 Å². The van der Waals surface area contributed by atoms with Crippen molar-refractivity contribution < 1.29 is 18.4 Å². The van der Waals surface area contributed by atoms with E-state index in [4.69, 9.17) is 4.52 Å². The number of hydrogen-bond acceptors (Lipinski definition) is 2. The molecule has 0 aliphatic heterocycles. The molecule has 0 saturated heterocycles. The molecule has 0 spiro atoms. The Balaban J connectivity index is 2.65. The summed E-state index contributed by atoms with van der Waals surface area (Å²) in [4.78, 5) is 9.58. The van der Waals surface area contributed by atoms with Gasteiger partial charge < -0.3 is 9.42 Å². The van der Waals surface area contributed by atoms with E-state index in [2.05, 4.69) is 0 Å². The van der Waals surface area contributed by atoms with Gasteiger partial charge in [-0.2, -0.15) is 0 Å². The van der Waals surface area contributed by atoms with Crippen molar-refractivity contribution in [1.82, 2.24) is 0 Å². The van der Waals surface area contributed by atoms with Crippen LogP contribution in [-0.2, 0) is 15.3 Å². The van der Waals surface area contributed by atoms with Crippen LogP contribution in [0, 0.1) is 5.82 Å². The smallest absolute Gasteiger partial charge is 0.324 e. The van der Waals surface area contributed by atoms with Gasteiger partial charge in [0.25, 0.3) is 0 Å². The lowest BCUT2D eigenvalue weighted by Gasteiger charge is -2.16. The van der Waals surface area contributed by atoms with Gasteiger partial charge in [-0.1, -0.05) is 19.1 Å². The van der Waals surface area contributed by atoms with Gasteiger partial charge in [-0.15, -0.1) is 0 Å². The molecule has 16 heavy (non-hydrogen) atoms. The molecular formula is C11H16FO3P. The Morgan fingerprint density at radius 1 is 1.44 bits per heavy atom. The van der Waals surface area contributed by atoms with Crippen LogP contribution in [0.15, 0.2) is 24.3 Å². The van der Waals surface area contributed by atoms with Gasteiger partial charge in [-0.05, 0) is 31.0 Å². The van der Waals surface area contributed by atoms with Crippen LogP contribution in [-0.4, -0.2) is 11.0 Å². The number of halogens is 1. The van der Waals surface area contributed by atoms with Gasteiger partial charge in [-0.3, -0.25) is 4.57 Å². The molecule has 0 radical (unpaired) electrons. The Labute approximate surface area is 94.8 Å². The van der Waals surface area contributed by atoms with Crippen LogP contribution in [0.5, 0.6) is 0 Å². The average molecular weight is 246 g/mol. The van der Waals surface area contributed by atoms with E-state index < -0.39 is 7.60 Å². The standard InChI is InChI=1S/C11H16FO3P/c1-3-9(2)15-16(13,14)8-10-4-6-11(12)7-5-10/h4-7,9H,3,8H2,1-2H3,(H,13,14). The first-order valence-electron chi connectivity index (χ1n) is 5.17. The summed E-state index contributed by atoms with van der Waals surface area (Å²) < 4.78 is 29.3. The maximum atomic E-state index is 12.6. The molecule has 1 aromatic carbocycles. The van der Waals surface area contributed by atoms with Gasteiger partial charge in [0.05, 0.1) is 12.3 Å². The predicted octanol–water partition coefficient (Wildman–Crippen LogP) is 3.33. The van der Waals surface area contributed by atoms with Crippen LogP contribution >= 0.6 is 7.60 Å². The van der Waals surface area contributed by atoms with Gasteiger partial charge >= 0.3 is 7.60 Å². The second-order valence-electron chi connectivity index (χ2n) is 3.75. The maximum Gasteiger partial charge on any atom is 0.332 e. The Morgan fingerprint density at radius 3 is 2.50 bits per heavy atom. The molecule has 0 bridgehead atoms. The first-order valence-corrected chi connectivity index (χ1v) is 6.94. The van der Waals surface area contributed by atoms with Crippen LogP contribution in [0.4, 0.5) is 4.39 Å². The van der Waals surface area contributed by atoms with Crippen LogP contribution in [0.3, 0.4) is 0 Å². The Bertz CT molecular complexity index is 377. The molecule has 2 atom stereocenters. The van der Waals surface area contributed by atoms with Crippen molar-refractivity contribution in [3.05, 3.63) is 35.6 Å². The SMILES string of the molecule is CCC(C)OP(=O)(O)Cc1ccc(F)cc1. The van der Waals surface area contributed by atoms with Crippen molar-refractivity contribution in [1.29, 1.82) is 0 Å². The van der Waals surface area contributed by atoms with Gasteiger partial charge in [0.1, 0.15) is 5.82 Å². The molecule has 0 aliphatic rings. The van der Waals surface area contributed by atoms with Crippen molar-refractivity contribution in [3.8, 4) is 0 Å². The number of benzene rings is 1. The molecule has 2 unspecified atom stereocenters. The molecule has 0 saturated carbocycles. The minimum Gasteiger partial charge on any atom is -0.324 e. The van der Waals surface area contributed by atoms with E-state index in [9.17, 15) is 13.8 Å². The van der Waals surface area contributed by atoms with Crippen molar-refractivity contribution >= 4 is 7.60 Å². The second kappa shape index (κ2) is 5.58. The van der Waals surface area contributed by atoms with Gasteiger partial charge in [0.2, 0.25) is 0 Å². The summed E-state index contributed by atoms with van der Waals surface area (Å²) in [6.07, 6.45) is 0.335. The predicted molar refractivity (Wildman–Crippen MR) is 60.8 cm³/mol. The molecule has 0 amide bonds. The second-order valence-corrected chi connectivity index (χ2v) is 5.55.